The first-order chi connectivity index (χ1) is 12.0. The minimum absolute atomic E-state index is 0.165. The normalized spacial score (nSPS) is 10.3. The molecule has 0 saturated heterocycles. The van der Waals surface area contributed by atoms with Crippen molar-refractivity contribution < 1.29 is 9.59 Å². The highest BCUT2D eigenvalue weighted by molar-refractivity contribution is 6.31. The molecule has 0 radical (unpaired) electrons. The summed E-state index contributed by atoms with van der Waals surface area (Å²) in [4.78, 5) is 23.7. The molecule has 25 heavy (non-hydrogen) atoms. The van der Waals surface area contributed by atoms with Gasteiger partial charge in [-0.05, 0) is 52.9 Å². The lowest BCUT2D eigenvalue weighted by Gasteiger charge is -2.10. The monoisotopic (exact) mass is 356 g/mol. The molecule has 3 rings (SSSR count). The Labute approximate surface area is 147 Å². The molecule has 0 bridgehead atoms. The molecular formula is C16H13ClN6O2. The first kappa shape index (κ1) is 16.6. The molecular weight excluding hydrogens is 344 g/mol. The van der Waals surface area contributed by atoms with Crippen LogP contribution in [0, 0.1) is 0 Å². The number of tetrazole rings is 1. The van der Waals surface area contributed by atoms with Gasteiger partial charge in [-0.25, -0.2) is 0 Å². The number of halogens is 1. The third kappa shape index (κ3) is 3.99. The standard InChI is InChI=1S/C16H13ClN6O2/c1-10(24)19-12-3-5-13(6-4-12)20-16(25)14-8-11(17)2-7-15(14)23-9-18-21-22-23/h2-9H,1H3,(H,19,24)(H,20,25). The van der Waals surface area contributed by atoms with Gasteiger partial charge in [0.25, 0.3) is 5.91 Å². The average Bonchev–Trinajstić information content (AvgIpc) is 3.10. The summed E-state index contributed by atoms with van der Waals surface area (Å²) >= 11 is 6.01. The molecule has 0 unspecified atom stereocenters. The lowest BCUT2D eigenvalue weighted by molar-refractivity contribution is -0.114. The number of carbonyl (C=O) groups is 2. The van der Waals surface area contributed by atoms with Crippen LogP contribution >= 0.6 is 11.6 Å². The summed E-state index contributed by atoms with van der Waals surface area (Å²) in [5.41, 5.74) is 2.04. The maximum atomic E-state index is 12.6. The van der Waals surface area contributed by atoms with Crippen LogP contribution in [0.1, 0.15) is 17.3 Å². The largest absolute Gasteiger partial charge is 0.326 e. The molecule has 8 nitrogen and oxygen atoms in total. The fraction of sp³-hybridized carbons (Fsp3) is 0.0625. The zero-order valence-corrected chi connectivity index (χ0v) is 13.9. The summed E-state index contributed by atoms with van der Waals surface area (Å²) in [5.74, 6) is -0.526. The number of nitrogens with zero attached hydrogens (tertiary/aromatic N) is 4. The molecule has 3 aromatic rings. The Balaban J connectivity index is 1.84. The summed E-state index contributed by atoms with van der Waals surface area (Å²) in [6.07, 6.45) is 1.39. The van der Waals surface area contributed by atoms with Crippen molar-refractivity contribution >= 4 is 34.8 Å². The summed E-state index contributed by atoms with van der Waals surface area (Å²) in [5, 5.41) is 16.8. The molecule has 1 aromatic heterocycles. The van der Waals surface area contributed by atoms with Gasteiger partial charge in [0.2, 0.25) is 5.91 Å². The lowest BCUT2D eigenvalue weighted by Crippen LogP contribution is -2.15. The van der Waals surface area contributed by atoms with E-state index in [2.05, 4.69) is 26.2 Å². The predicted molar refractivity (Wildman–Crippen MR) is 92.9 cm³/mol. The molecule has 2 N–H and O–H groups in total. The Bertz CT molecular complexity index is 909. The van der Waals surface area contributed by atoms with Gasteiger partial charge in [0.15, 0.2) is 0 Å². The van der Waals surface area contributed by atoms with E-state index in [4.69, 9.17) is 11.6 Å². The van der Waals surface area contributed by atoms with Crippen molar-refractivity contribution in [3.8, 4) is 5.69 Å². The first-order valence-corrected chi connectivity index (χ1v) is 7.62. The number of amides is 2. The summed E-state index contributed by atoms with van der Waals surface area (Å²) in [6.45, 7) is 1.43. The number of carbonyl (C=O) groups excluding carboxylic acids is 2. The van der Waals surface area contributed by atoms with Gasteiger partial charge in [0.1, 0.15) is 6.33 Å². The van der Waals surface area contributed by atoms with E-state index in [1.165, 1.54) is 17.9 Å². The van der Waals surface area contributed by atoms with Gasteiger partial charge in [-0.2, -0.15) is 4.68 Å². The summed E-state index contributed by atoms with van der Waals surface area (Å²) < 4.78 is 1.38. The fourth-order valence-electron chi connectivity index (χ4n) is 2.20. The maximum absolute atomic E-state index is 12.6. The molecule has 0 aliphatic carbocycles. The molecule has 0 aliphatic rings. The van der Waals surface area contributed by atoms with Crippen molar-refractivity contribution in [1.82, 2.24) is 20.2 Å². The summed E-state index contributed by atoms with van der Waals surface area (Å²) in [7, 11) is 0. The fourth-order valence-corrected chi connectivity index (χ4v) is 2.37. The predicted octanol–water partition coefficient (Wildman–Crippen LogP) is 2.53. The van der Waals surface area contributed by atoms with Gasteiger partial charge in [0, 0.05) is 23.3 Å². The van der Waals surface area contributed by atoms with Crippen LogP contribution < -0.4 is 10.6 Å². The maximum Gasteiger partial charge on any atom is 0.257 e. The minimum atomic E-state index is -0.361. The number of anilines is 2. The van der Waals surface area contributed by atoms with Crippen LogP contribution in [0.5, 0.6) is 0 Å². The number of aromatic nitrogens is 4. The minimum Gasteiger partial charge on any atom is -0.326 e. The summed E-state index contributed by atoms with van der Waals surface area (Å²) in [6, 6.07) is 11.6. The highest BCUT2D eigenvalue weighted by Gasteiger charge is 2.15. The van der Waals surface area contributed by atoms with Crippen LogP contribution in [0.2, 0.25) is 5.02 Å². The van der Waals surface area contributed by atoms with E-state index in [1.807, 2.05) is 0 Å². The van der Waals surface area contributed by atoms with E-state index in [0.29, 0.717) is 27.6 Å². The molecule has 0 aliphatic heterocycles. The van der Waals surface area contributed by atoms with Crippen molar-refractivity contribution in [1.29, 1.82) is 0 Å². The molecule has 126 valence electrons. The van der Waals surface area contributed by atoms with E-state index in [0.717, 1.165) is 0 Å². The number of nitrogens with one attached hydrogen (secondary N) is 2. The van der Waals surface area contributed by atoms with E-state index in [-0.39, 0.29) is 11.8 Å². The van der Waals surface area contributed by atoms with Gasteiger partial charge in [-0.3, -0.25) is 9.59 Å². The quantitative estimate of drug-likeness (QED) is 0.747. The number of rotatable bonds is 4. The first-order valence-electron chi connectivity index (χ1n) is 7.25. The van der Waals surface area contributed by atoms with Crippen LogP contribution in [0.4, 0.5) is 11.4 Å². The van der Waals surface area contributed by atoms with Crippen molar-refractivity contribution in [3.05, 3.63) is 59.4 Å². The molecule has 0 saturated carbocycles. The number of benzene rings is 2. The third-order valence-corrected chi connectivity index (χ3v) is 3.50. The zero-order chi connectivity index (χ0) is 17.8. The Hall–Kier alpha value is -3.26. The third-order valence-electron chi connectivity index (χ3n) is 3.26. The van der Waals surface area contributed by atoms with E-state index >= 15 is 0 Å². The highest BCUT2D eigenvalue weighted by Crippen LogP contribution is 2.21. The van der Waals surface area contributed by atoms with Gasteiger partial charge in [-0.15, -0.1) is 5.10 Å². The Morgan fingerprint density at radius 3 is 2.32 bits per heavy atom. The van der Waals surface area contributed by atoms with Crippen LogP contribution in [0.3, 0.4) is 0 Å². The number of hydrogen-bond acceptors (Lipinski definition) is 5. The van der Waals surface area contributed by atoms with Gasteiger partial charge in [-0.1, -0.05) is 11.6 Å². The zero-order valence-electron chi connectivity index (χ0n) is 13.1. The topological polar surface area (TPSA) is 102 Å². The van der Waals surface area contributed by atoms with Crippen molar-refractivity contribution in [2.24, 2.45) is 0 Å². The lowest BCUT2D eigenvalue weighted by atomic mass is 10.1. The van der Waals surface area contributed by atoms with E-state index < -0.39 is 0 Å². The Morgan fingerprint density at radius 2 is 1.72 bits per heavy atom. The van der Waals surface area contributed by atoms with Crippen LogP contribution in [-0.2, 0) is 4.79 Å². The van der Waals surface area contributed by atoms with Gasteiger partial charge < -0.3 is 10.6 Å². The van der Waals surface area contributed by atoms with Gasteiger partial charge in [0.05, 0.1) is 11.3 Å². The van der Waals surface area contributed by atoms with E-state index in [9.17, 15) is 9.59 Å². The second-order valence-electron chi connectivity index (χ2n) is 5.13. The van der Waals surface area contributed by atoms with Crippen molar-refractivity contribution in [3.63, 3.8) is 0 Å². The van der Waals surface area contributed by atoms with Crippen LogP contribution in [-0.4, -0.2) is 32.0 Å². The highest BCUT2D eigenvalue weighted by atomic mass is 35.5. The Morgan fingerprint density at radius 1 is 1.04 bits per heavy atom. The molecule has 1 heterocycles. The molecule has 0 atom stereocenters. The molecule has 2 aromatic carbocycles. The molecule has 0 fully saturated rings. The Kier molecular flexibility index (Phi) is 4.71. The second kappa shape index (κ2) is 7.10. The van der Waals surface area contributed by atoms with E-state index in [1.54, 1.807) is 42.5 Å². The molecule has 9 heteroatoms. The van der Waals surface area contributed by atoms with Crippen molar-refractivity contribution in [2.45, 2.75) is 6.92 Å². The van der Waals surface area contributed by atoms with Crippen molar-refractivity contribution in [2.75, 3.05) is 10.6 Å². The number of hydrogen-bond donors (Lipinski definition) is 2. The average molecular weight is 357 g/mol. The smallest absolute Gasteiger partial charge is 0.257 e. The van der Waals surface area contributed by atoms with Crippen LogP contribution in [0.25, 0.3) is 5.69 Å². The molecule has 0 spiro atoms. The molecule has 2 amide bonds. The SMILES string of the molecule is CC(=O)Nc1ccc(NC(=O)c2cc(Cl)ccc2-n2cnnn2)cc1. The second-order valence-corrected chi connectivity index (χ2v) is 5.56. The van der Waals surface area contributed by atoms with Crippen LogP contribution in [0.15, 0.2) is 48.8 Å². The van der Waals surface area contributed by atoms with Gasteiger partial charge >= 0.3 is 0 Å².